The number of urea groups is 1. The zero-order chi connectivity index (χ0) is 60.6. The Morgan fingerprint density at radius 2 is 1.45 bits per heavy atom. The highest BCUT2D eigenvalue weighted by molar-refractivity contribution is 7.09. The molecular weight excluding hydrogens is 1070 g/mol. The number of rotatable bonds is 34. The lowest BCUT2D eigenvalue weighted by Gasteiger charge is -2.34. The average Bonchev–Trinajstić information content (AvgIpc) is 4.08. The number of carbonyl (C=O) groups is 10. The monoisotopic (exact) mass is 1160 g/mol. The predicted molar refractivity (Wildman–Crippen MR) is 310 cm³/mol. The van der Waals surface area contributed by atoms with Crippen molar-refractivity contribution in [3.8, 4) is 0 Å². The molecule has 2 aromatic carbocycles. The first kappa shape index (κ1) is 66.6. The Morgan fingerprint density at radius 3 is 2.06 bits per heavy atom. The molecule has 0 bridgehead atoms. The van der Waals surface area contributed by atoms with Gasteiger partial charge in [-0.2, -0.15) is 0 Å². The van der Waals surface area contributed by atoms with Crippen LogP contribution in [0.2, 0.25) is 0 Å². The first-order valence-corrected chi connectivity index (χ1v) is 28.8. The second-order valence-electron chi connectivity index (χ2n) is 21.6. The van der Waals surface area contributed by atoms with Crippen molar-refractivity contribution < 1.29 is 57.8 Å². The lowest BCUT2D eigenvalue weighted by molar-refractivity contribution is -0.141. The molecule has 7 atom stereocenters. The largest absolute Gasteiger partial charge is 0.481 e. The van der Waals surface area contributed by atoms with Crippen molar-refractivity contribution >= 4 is 82.2 Å². The number of carboxylic acids is 1. The number of carboxylic acid groups (broad SMARTS) is 1. The maximum Gasteiger partial charge on any atom is 0.408 e. The van der Waals surface area contributed by atoms with E-state index in [0.717, 1.165) is 28.2 Å². The number of thiazole rings is 1. The topological polar surface area (TPSA) is 344 Å². The normalized spacial score (nSPS) is 14.7. The smallest absolute Gasteiger partial charge is 0.408 e. The van der Waals surface area contributed by atoms with Crippen LogP contribution in [0.4, 0.5) is 21.0 Å². The summed E-state index contributed by atoms with van der Waals surface area (Å²) in [7, 11) is 1.74. The third-order valence-corrected chi connectivity index (χ3v) is 15.2. The highest BCUT2D eigenvalue weighted by Gasteiger charge is 2.33. The van der Waals surface area contributed by atoms with Crippen LogP contribution in [0, 0.1) is 23.7 Å². The van der Waals surface area contributed by atoms with Crippen LogP contribution in [0.1, 0.15) is 145 Å². The van der Waals surface area contributed by atoms with Crippen LogP contribution < -0.4 is 43.4 Å². The van der Waals surface area contributed by atoms with Gasteiger partial charge in [0.05, 0.1) is 12.0 Å². The molecular formula is C58H83N11O12S. The molecule has 448 valence electrons. The van der Waals surface area contributed by atoms with E-state index in [1.165, 1.54) is 12.2 Å². The molecule has 0 aliphatic carbocycles. The quantitative estimate of drug-likeness (QED) is 0.0190. The molecule has 23 nitrogen and oxygen atoms in total. The molecule has 82 heavy (non-hydrogen) atoms. The summed E-state index contributed by atoms with van der Waals surface area (Å²) in [6.45, 7) is 13.2. The van der Waals surface area contributed by atoms with E-state index < -0.39 is 65.9 Å². The van der Waals surface area contributed by atoms with Crippen LogP contribution in [0.15, 0.2) is 66.1 Å². The molecule has 0 saturated carbocycles. The minimum absolute atomic E-state index is 0.0530. The van der Waals surface area contributed by atoms with Gasteiger partial charge in [0, 0.05) is 74.0 Å². The van der Waals surface area contributed by atoms with Gasteiger partial charge in [-0.3, -0.25) is 43.3 Å². The number of hydrogen-bond donors (Lipinski definition) is 9. The third-order valence-electron chi connectivity index (χ3n) is 14.2. The maximum absolute atomic E-state index is 13.8. The first-order valence-electron chi connectivity index (χ1n) is 27.9. The molecule has 2 heterocycles. The van der Waals surface area contributed by atoms with Crippen molar-refractivity contribution in [1.82, 2.24) is 41.4 Å². The zero-order valence-electron chi connectivity index (χ0n) is 48.3. The van der Waals surface area contributed by atoms with Gasteiger partial charge in [-0.1, -0.05) is 85.6 Å². The summed E-state index contributed by atoms with van der Waals surface area (Å²) in [6.07, 6.45) is 5.44. The molecule has 0 unspecified atom stereocenters. The Labute approximate surface area is 483 Å². The van der Waals surface area contributed by atoms with E-state index in [2.05, 4.69) is 36.9 Å². The molecule has 3 aromatic rings. The Hall–Kier alpha value is -7.89. The van der Waals surface area contributed by atoms with Gasteiger partial charge in [0.15, 0.2) is 0 Å². The molecule has 10 amide bonds. The number of carbonyl (C=O) groups excluding carboxylic acids is 9. The van der Waals surface area contributed by atoms with Gasteiger partial charge in [0.25, 0.3) is 17.7 Å². The van der Waals surface area contributed by atoms with Gasteiger partial charge in [-0.15, -0.1) is 11.3 Å². The highest BCUT2D eigenvalue weighted by Crippen LogP contribution is 2.29. The first-order chi connectivity index (χ1) is 38.8. The van der Waals surface area contributed by atoms with E-state index in [9.17, 15) is 53.1 Å². The number of aliphatic carboxylic acids is 1. The summed E-state index contributed by atoms with van der Waals surface area (Å²) in [4.78, 5) is 136. The fourth-order valence-corrected chi connectivity index (χ4v) is 9.90. The molecule has 4 rings (SSSR count). The lowest BCUT2D eigenvalue weighted by Crippen LogP contribution is -2.54. The van der Waals surface area contributed by atoms with Crippen molar-refractivity contribution in [2.24, 2.45) is 29.4 Å². The number of imide groups is 1. The van der Waals surface area contributed by atoms with Crippen molar-refractivity contribution in [2.75, 3.05) is 31.2 Å². The van der Waals surface area contributed by atoms with Gasteiger partial charge in [-0.05, 0) is 98.1 Å². The summed E-state index contributed by atoms with van der Waals surface area (Å²) in [5.74, 6) is -4.93. The molecule has 0 spiro atoms. The Kier molecular flexibility index (Phi) is 26.9. The standard InChI is InChI=1S/C58H83N11O12S/c1-9-36(6)28-50(73)68(8)46(34(2)3)31-44(55-65-45(33-82-55)53(75)63-42(29-37(7)56(77)78)30-38-16-20-40(59)21-17-38)66-58(80)81-32-39-18-22-41(23-19-39)62-52(74)43(14-13-26-61-57(60)79)64-54(76)51(35(4)5)67-47(70)15-11-10-12-27-69-48(71)24-25-49(69)72/h16-25,33-37,42-44,46,51H,9-15,26-32,59H2,1-8H3,(H,62,74)(H,63,75)(H,64,76)(H,66,80)(H,67,70)(H,77,78)(H3,60,61,79)/t36-,37-,42+,43-,44+,46+,51-/m0/s1. The van der Waals surface area contributed by atoms with Crippen LogP contribution >= 0.6 is 11.3 Å². The molecule has 0 radical (unpaired) electrons. The zero-order valence-corrected chi connectivity index (χ0v) is 49.1. The fourth-order valence-electron chi connectivity index (χ4n) is 9.04. The number of unbranched alkanes of at least 4 members (excludes halogenated alkanes) is 2. The van der Waals surface area contributed by atoms with Gasteiger partial charge in [0.1, 0.15) is 29.4 Å². The second-order valence-corrected chi connectivity index (χ2v) is 22.5. The highest BCUT2D eigenvalue weighted by atomic mass is 32.1. The number of hydrogen-bond acceptors (Lipinski definition) is 14. The number of benzene rings is 2. The number of nitrogens with one attached hydrogen (secondary N) is 6. The van der Waals surface area contributed by atoms with Gasteiger partial charge in [0.2, 0.25) is 23.6 Å². The predicted octanol–water partition coefficient (Wildman–Crippen LogP) is 5.95. The third kappa shape index (κ3) is 22.2. The number of ether oxygens (including phenoxy) is 1. The molecule has 24 heteroatoms. The van der Waals surface area contributed by atoms with Gasteiger partial charge in [-0.25, -0.2) is 14.6 Å². The van der Waals surface area contributed by atoms with Crippen LogP contribution in [-0.2, 0) is 51.3 Å². The molecule has 1 aromatic heterocycles. The minimum Gasteiger partial charge on any atom is -0.481 e. The average molecular weight is 1160 g/mol. The fraction of sp³-hybridized carbons (Fsp3) is 0.534. The summed E-state index contributed by atoms with van der Waals surface area (Å²) in [5.41, 5.74) is 13.5. The van der Waals surface area contributed by atoms with Crippen LogP contribution in [0.5, 0.6) is 0 Å². The summed E-state index contributed by atoms with van der Waals surface area (Å²) < 4.78 is 5.71. The number of amides is 10. The maximum atomic E-state index is 13.8. The molecule has 11 N–H and O–H groups in total. The van der Waals surface area contributed by atoms with E-state index in [1.807, 2.05) is 39.8 Å². The van der Waals surface area contributed by atoms with Gasteiger partial charge >= 0.3 is 18.1 Å². The number of aromatic nitrogens is 1. The molecule has 0 fully saturated rings. The molecule has 0 saturated heterocycles. The summed E-state index contributed by atoms with van der Waals surface area (Å²) in [6, 6.07) is 8.91. The number of nitrogens with two attached hydrogens (primary N) is 2. The Balaban J connectivity index is 1.44. The lowest BCUT2D eigenvalue weighted by atomic mass is 9.94. The second kappa shape index (κ2) is 33.1. The van der Waals surface area contributed by atoms with Crippen LogP contribution in [0.3, 0.4) is 0 Å². The van der Waals surface area contributed by atoms with Gasteiger partial charge < -0.3 is 58.1 Å². The number of primary amides is 1. The Bertz CT molecular complexity index is 2680. The SMILES string of the molecule is CC[C@H](C)CC(=O)N(C)[C@H](C[C@@H](NC(=O)OCc1ccc(NC(=O)[C@H](CCCNC(N)=O)NC(=O)[C@@H](NC(=O)CCCCCN2C(=O)C=CC2=O)C(C)C)cc1)c1nc(C(=O)N[C@@H](Cc2ccc(N)cc2)C[C@H](C)C(=O)O)cs1)C(C)C. The number of anilines is 2. The van der Waals surface area contributed by atoms with E-state index in [0.29, 0.717) is 54.0 Å². The van der Waals surface area contributed by atoms with Crippen molar-refractivity contribution in [1.29, 1.82) is 0 Å². The summed E-state index contributed by atoms with van der Waals surface area (Å²) in [5, 5.41) is 28.3. The molecule has 1 aliphatic rings. The van der Waals surface area contributed by atoms with E-state index in [-0.39, 0.29) is 105 Å². The summed E-state index contributed by atoms with van der Waals surface area (Å²) >= 11 is 1.14. The van der Waals surface area contributed by atoms with Crippen LogP contribution in [-0.4, -0.2) is 124 Å². The molecule has 1 aliphatic heterocycles. The van der Waals surface area contributed by atoms with Crippen molar-refractivity contribution in [3.63, 3.8) is 0 Å². The van der Waals surface area contributed by atoms with Crippen molar-refractivity contribution in [2.45, 2.75) is 156 Å². The van der Waals surface area contributed by atoms with E-state index >= 15 is 0 Å². The van der Waals surface area contributed by atoms with Crippen molar-refractivity contribution in [3.05, 3.63) is 87.9 Å². The van der Waals surface area contributed by atoms with E-state index in [1.54, 1.807) is 74.5 Å². The number of nitrogen functional groups attached to an aromatic ring is 1. The van der Waals surface area contributed by atoms with E-state index in [4.69, 9.17) is 16.2 Å². The number of alkyl carbamates (subject to hydrolysis) is 1. The minimum atomic E-state index is -1.10. The Morgan fingerprint density at radius 1 is 0.793 bits per heavy atom. The van der Waals surface area contributed by atoms with Crippen LogP contribution in [0.25, 0.3) is 0 Å². The number of nitrogens with zero attached hydrogens (tertiary/aromatic N) is 3.